The molecule has 2 aromatic rings. The SMILES string of the molecule is CC(NCc1cn(C)c(=O)n(C)c1=O)c1cccs1. The monoisotopic (exact) mass is 279 g/mol. The van der Waals surface area contributed by atoms with Crippen molar-refractivity contribution in [3.05, 3.63) is 55.0 Å². The van der Waals surface area contributed by atoms with Crippen molar-refractivity contribution in [1.29, 1.82) is 0 Å². The molecule has 102 valence electrons. The summed E-state index contributed by atoms with van der Waals surface area (Å²) in [6, 6.07) is 4.24. The van der Waals surface area contributed by atoms with Crippen LogP contribution in [0.15, 0.2) is 33.3 Å². The Bertz CT molecular complexity index is 670. The quantitative estimate of drug-likeness (QED) is 0.908. The van der Waals surface area contributed by atoms with Gasteiger partial charge in [0, 0.05) is 43.3 Å². The zero-order valence-corrected chi connectivity index (χ0v) is 12.0. The number of aromatic nitrogens is 2. The van der Waals surface area contributed by atoms with Crippen molar-refractivity contribution in [1.82, 2.24) is 14.5 Å². The van der Waals surface area contributed by atoms with E-state index in [0.29, 0.717) is 12.1 Å². The number of nitrogens with one attached hydrogen (secondary N) is 1. The molecule has 2 aromatic heterocycles. The zero-order chi connectivity index (χ0) is 14.0. The lowest BCUT2D eigenvalue weighted by atomic mass is 10.2. The Morgan fingerprint density at radius 2 is 2.11 bits per heavy atom. The minimum atomic E-state index is -0.306. The van der Waals surface area contributed by atoms with Gasteiger partial charge in [0.25, 0.3) is 5.56 Å². The van der Waals surface area contributed by atoms with E-state index in [1.165, 1.54) is 16.5 Å². The summed E-state index contributed by atoms with van der Waals surface area (Å²) in [4.78, 5) is 24.8. The van der Waals surface area contributed by atoms with Crippen molar-refractivity contribution < 1.29 is 0 Å². The molecular formula is C13H17N3O2S. The van der Waals surface area contributed by atoms with Crippen LogP contribution in [0.5, 0.6) is 0 Å². The van der Waals surface area contributed by atoms with E-state index in [0.717, 1.165) is 4.57 Å². The molecule has 0 saturated heterocycles. The molecule has 1 N–H and O–H groups in total. The number of hydrogen-bond acceptors (Lipinski definition) is 4. The van der Waals surface area contributed by atoms with Crippen molar-refractivity contribution in [2.75, 3.05) is 0 Å². The van der Waals surface area contributed by atoms with Gasteiger partial charge in [-0.2, -0.15) is 0 Å². The average Bonchev–Trinajstić information content (AvgIpc) is 2.92. The van der Waals surface area contributed by atoms with E-state index < -0.39 is 0 Å². The minimum absolute atomic E-state index is 0.182. The molecule has 0 aliphatic rings. The fraction of sp³-hybridized carbons (Fsp3) is 0.385. The standard InChI is InChI=1S/C13H17N3O2S/c1-9(11-5-4-6-19-11)14-7-10-8-15(2)13(18)16(3)12(10)17/h4-6,8-9,14H,7H2,1-3H3. The normalized spacial score (nSPS) is 12.6. The first-order chi connectivity index (χ1) is 9.00. The third-order valence-corrected chi connectivity index (χ3v) is 4.14. The average molecular weight is 279 g/mol. The molecule has 0 aromatic carbocycles. The van der Waals surface area contributed by atoms with Crippen LogP contribution in [0.25, 0.3) is 0 Å². The number of aryl methyl sites for hydroxylation is 1. The Morgan fingerprint density at radius 1 is 1.37 bits per heavy atom. The summed E-state index contributed by atoms with van der Waals surface area (Å²) in [5, 5.41) is 5.32. The number of hydrogen-bond donors (Lipinski definition) is 1. The highest BCUT2D eigenvalue weighted by Gasteiger charge is 2.09. The van der Waals surface area contributed by atoms with Gasteiger partial charge in [0.05, 0.1) is 0 Å². The molecule has 6 heteroatoms. The Labute approximate surface area is 115 Å². The topological polar surface area (TPSA) is 56.0 Å². The lowest BCUT2D eigenvalue weighted by molar-refractivity contribution is 0.565. The molecule has 0 aliphatic heterocycles. The first kappa shape index (κ1) is 13.8. The Balaban J connectivity index is 2.17. The summed E-state index contributed by atoms with van der Waals surface area (Å²) >= 11 is 1.68. The summed E-state index contributed by atoms with van der Waals surface area (Å²) < 4.78 is 2.56. The number of nitrogens with zero attached hydrogens (tertiary/aromatic N) is 2. The van der Waals surface area contributed by atoms with Crippen LogP contribution in [0.2, 0.25) is 0 Å². The van der Waals surface area contributed by atoms with Gasteiger partial charge in [-0.15, -0.1) is 11.3 Å². The largest absolute Gasteiger partial charge is 0.330 e. The summed E-state index contributed by atoms with van der Waals surface area (Å²) in [5.74, 6) is 0. The van der Waals surface area contributed by atoms with Crippen LogP contribution in [-0.2, 0) is 20.6 Å². The van der Waals surface area contributed by atoms with Crippen LogP contribution >= 0.6 is 11.3 Å². The lowest BCUT2D eigenvalue weighted by Gasteiger charge is -2.13. The molecule has 0 saturated carbocycles. The summed E-state index contributed by atoms with van der Waals surface area (Å²) in [7, 11) is 3.14. The van der Waals surface area contributed by atoms with Crippen molar-refractivity contribution in [2.24, 2.45) is 14.1 Å². The van der Waals surface area contributed by atoms with E-state index in [1.54, 1.807) is 24.6 Å². The third kappa shape index (κ3) is 2.85. The van der Waals surface area contributed by atoms with E-state index >= 15 is 0 Å². The van der Waals surface area contributed by atoms with E-state index in [2.05, 4.69) is 18.3 Å². The lowest BCUT2D eigenvalue weighted by Crippen LogP contribution is -2.39. The van der Waals surface area contributed by atoms with Crippen molar-refractivity contribution in [2.45, 2.75) is 19.5 Å². The molecule has 2 rings (SSSR count). The van der Waals surface area contributed by atoms with Gasteiger partial charge in [-0.1, -0.05) is 6.07 Å². The van der Waals surface area contributed by atoms with Gasteiger partial charge >= 0.3 is 5.69 Å². The summed E-state index contributed by atoms with van der Waals surface area (Å²) in [6.07, 6.45) is 1.60. The van der Waals surface area contributed by atoms with E-state index in [4.69, 9.17) is 0 Å². The molecule has 0 bridgehead atoms. The Kier molecular flexibility index (Phi) is 4.01. The van der Waals surface area contributed by atoms with Crippen LogP contribution in [0.4, 0.5) is 0 Å². The predicted molar refractivity (Wildman–Crippen MR) is 76.5 cm³/mol. The molecule has 0 radical (unpaired) electrons. The maximum absolute atomic E-state index is 12.0. The molecular weight excluding hydrogens is 262 g/mol. The molecule has 2 heterocycles. The molecule has 0 spiro atoms. The van der Waals surface area contributed by atoms with Gasteiger partial charge in [-0.05, 0) is 18.4 Å². The molecule has 1 unspecified atom stereocenters. The van der Waals surface area contributed by atoms with Gasteiger partial charge in [-0.25, -0.2) is 4.79 Å². The second-order valence-electron chi connectivity index (χ2n) is 4.53. The molecule has 19 heavy (non-hydrogen) atoms. The second kappa shape index (κ2) is 5.54. The predicted octanol–water partition coefficient (Wildman–Crippen LogP) is 0.996. The summed E-state index contributed by atoms with van der Waals surface area (Å²) in [6.45, 7) is 2.50. The fourth-order valence-corrected chi connectivity index (χ4v) is 2.66. The zero-order valence-electron chi connectivity index (χ0n) is 11.2. The molecule has 1 atom stereocenters. The van der Waals surface area contributed by atoms with E-state index in [9.17, 15) is 9.59 Å². The third-order valence-electron chi connectivity index (χ3n) is 3.09. The van der Waals surface area contributed by atoms with E-state index in [1.807, 2.05) is 11.4 Å². The molecule has 5 nitrogen and oxygen atoms in total. The number of rotatable bonds is 4. The Morgan fingerprint density at radius 3 is 2.74 bits per heavy atom. The van der Waals surface area contributed by atoms with Gasteiger partial charge < -0.3 is 9.88 Å². The summed E-state index contributed by atoms with van der Waals surface area (Å²) in [5.41, 5.74) is 0.0436. The maximum atomic E-state index is 12.0. The minimum Gasteiger partial charge on any atom is -0.305 e. The van der Waals surface area contributed by atoms with Crippen LogP contribution in [0.1, 0.15) is 23.4 Å². The highest BCUT2D eigenvalue weighted by molar-refractivity contribution is 7.10. The molecule has 0 fully saturated rings. The first-order valence-corrected chi connectivity index (χ1v) is 6.91. The van der Waals surface area contributed by atoms with Gasteiger partial charge in [0.15, 0.2) is 0 Å². The number of thiophene rings is 1. The van der Waals surface area contributed by atoms with Crippen molar-refractivity contribution in [3.63, 3.8) is 0 Å². The van der Waals surface area contributed by atoms with Crippen molar-refractivity contribution >= 4 is 11.3 Å². The van der Waals surface area contributed by atoms with Crippen molar-refractivity contribution in [3.8, 4) is 0 Å². The Hall–Kier alpha value is -1.66. The highest BCUT2D eigenvalue weighted by Crippen LogP contribution is 2.18. The maximum Gasteiger partial charge on any atom is 0.330 e. The van der Waals surface area contributed by atoms with Crippen LogP contribution in [-0.4, -0.2) is 9.13 Å². The fourth-order valence-electron chi connectivity index (χ4n) is 1.91. The van der Waals surface area contributed by atoms with E-state index in [-0.39, 0.29) is 17.3 Å². The first-order valence-electron chi connectivity index (χ1n) is 6.03. The van der Waals surface area contributed by atoms with Crippen LogP contribution < -0.4 is 16.6 Å². The van der Waals surface area contributed by atoms with Gasteiger partial charge in [0.2, 0.25) is 0 Å². The second-order valence-corrected chi connectivity index (χ2v) is 5.51. The van der Waals surface area contributed by atoms with Crippen LogP contribution in [0, 0.1) is 0 Å². The van der Waals surface area contributed by atoms with Gasteiger partial charge in [0.1, 0.15) is 0 Å². The highest BCUT2D eigenvalue weighted by atomic mass is 32.1. The molecule has 0 aliphatic carbocycles. The smallest absolute Gasteiger partial charge is 0.305 e. The van der Waals surface area contributed by atoms with Crippen LogP contribution in [0.3, 0.4) is 0 Å². The van der Waals surface area contributed by atoms with Gasteiger partial charge in [-0.3, -0.25) is 9.36 Å². The molecule has 0 amide bonds.